The number of hydrogen-bond acceptors (Lipinski definition) is 9. The molecule has 12 nitrogen and oxygen atoms in total. The highest BCUT2D eigenvalue weighted by molar-refractivity contribution is 5.93. The third kappa shape index (κ3) is 3.13. The number of methoxy groups -OCH3 is 1. The molecule has 0 saturated heterocycles. The first-order valence-corrected chi connectivity index (χ1v) is 8.56. The van der Waals surface area contributed by atoms with Gasteiger partial charge in [0.05, 0.1) is 48.4 Å². The Kier molecular flexibility index (Phi) is 4.61. The fourth-order valence-electron chi connectivity index (χ4n) is 2.94. The molecule has 4 rings (SSSR count). The average Bonchev–Trinajstić information content (AvgIpc) is 3.20. The molecule has 0 N–H and O–H groups in total. The first-order chi connectivity index (χ1) is 13.6. The van der Waals surface area contributed by atoms with Gasteiger partial charge in [-0.25, -0.2) is 9.67 Å². The van der Waals surface area contributed by atoms with E-state index in [4.69, 9.17) is 4.74 Å². The minimum absolute atomic E-state index is 0.245. The molecule has 144 valence electrons. The summed E-state index contributed by atoms with van der Waals surface area (Å²) in [5.41, 5.74) is 0.210. The Balaban J connectivity index is 1.79. The number of fused-ring (bicyclic) bond motifs is 2. The summed E-state index contributed by atoms with van der Waals surface area (Å²) in [5.74, 6) is 0. The Bertz CT molecular complexity index is 1250. The van der Waals surface area contributed by atoms with E-state index in [0.29, 0.717) is 41.5 Å². The summed E-state index contributed by atoms with van der Waals surface area (Å²) < 4.78 is 7.69. The standard InChI is InChI=1S/C16H17N9O3/c1-10(7-25-19-8-18-21-25)23-9-17-13-5-12-14(6-11(13)15(23)26)20-22-24(16(12)27)3-4-28-2/h5-6,8-10H,3-4,7H2,1-2H3. The Labute approximate surface area is 157 Å². The molecule has 3 heterocycles. The molecular formula is C16H17N9O3. The molecule has 0 amide bonds. The molecule has 0 aliphatic heterocycles. The lowest BCUT2D eigenvalue weighted by molar-refractivity contribution is 0.181. The second kappa shape index (κ2) is 7.23. The van der Waals surface area contributed by atoms with Crippen molar-refractivity contribution in [1.82, 2.24) is 44.8 Å². The zero-order valence-corrected chi connectivity index (χ0v) is 15.3. The lowest BCUT2D eigenvalue weighted by atomic mass is 10.1. The quantitative estimate of drug-likeness (QED) is 0.400. The molecule has 28 heavy (non-hydrogen) atoms. The van der Waals surface area contributed by atoms with E-state index in [9.17, 15) is 9.59 Å². The van der Waals surface area contributed by atoms with E-state index in [1.54, 1.807) is 19.2 Å². The normalized spacial score (nSPS) is 12.6. The Morgan fingerprint density at radius 1 is 1.11 bits per heavy atom. The molecule has 12 heteroatoms. The minimum atomic E-state index is -0.305. The maximum Gasteiger partial charge on any atom is 0.277 e. The van der Waals surface area contributed by atoms with Gasteiger partial charge in [-0.2, -0.15) is 4.80 Å². The molecule has 1 aromatic carbocycles. The highest BCUT2D eigenvalue weighted by atomic mass is 16.5. The van der Waals surface area contributed by atoms with Gasteiger partial charge in [0.25, 0.3) is 11.1 Å². The monoisotopic (exact) mass is 383 g/mol. The predicted octanol–water partition coefficient (Wildman–Crippen LogP) is -0.604. The smallest absolute Gasteiger partial charge is 0.277 e. The van der Waals surface area contributed by atoms with Gasteiger partial charge in [-0.3, -0.25) is 14.2 Å². The van der Waals surface area contributed by atoms with Crippen LogP contribution in [0.3, 0.4) is 0 Å². The number of aromatic nitrogens is 9. The first-order valence-electron chi connectivity index (χ1n) is 8.56. The summed E-state index contributed by atoms with van der Waals surface area (Å²) in [6.07, 6.45) is 2.79. The van der Waals surface area contributed by atoms with Crippen molar-refractivity contribution >= 4 is 21.8 Å². The molecule has 0 saturated carbocycles. The van der Waals surface area contributed by atoms with Crippen LogP contribution in [-0.4, -0.2) is 58.5 Å². The van der Waals surface area contributed by atoms with Gasteiger partial charge in [0.2, 0.25) is 0 Å². The maximum absolute atomic E-state index is 12.9. The van der Waals surface area contributed by atoms with E-state index in [1.807, 2.05) is 6.92 Å². The molecule has 0 radical (unpaired) electrons. The zero-order chi connectivity index (χ0) is 19.7. The molecule has 0 fully saturated rings. The highest BCUT2D eigenvalue weighted by Crippen LogP contribution is 2.15. The number of ether oxygens (including phenoxy) is 1. The Hall–Kier alpha value is -3.54. The summed E-state index contributed by atoms with van der Waals surface area (Å²) in [6.45, 7) is 2.85. The average molecular weight is 383 g/mol. The SMILES string of the molecule is COCCn1nnc2cc3c(=O)n(C(C)Cn4ncnn4)cnc3cc2c1=O. The van der Waals surface area contributed by atoms with Gasteiger partial charge in [0, 0.05) is 7.11 Å². The van der Waals surface area contributed by atoms with Crippen LogP contribution in [0.15, 0.2) is 34.4 Å². The molecule has 4 aromatic rings. The van der Waals surface area contributed by atoms with E-state index in [0.717, 1.165) is 0 Å². The molecular weight excluding hydrogens is 366 g/mol. The van der Waals surface area contributed by atoms with E-state index in [-0.39, 0.29) is 17.2 Å². The van der Waals surface area contributed by atoms with E-state index >= 15 is 0 Å². The number of nitrogens with zero attached hydrogens (tertiary/aromatic N) is 9. The molecule has 1 unspecified atom stereocenters. The Morgan fingerprint density at radius 2 is 1.89 bits per heavy atom. The fraction of sp³-hybridized carbons (Fsp3) is 0.375. The summed E-state index contributed by atoms with van der Waals surface area (Å²) in [6, 6.07) is 2.87. The highest BCUT2D eigenvalue weighted by Gasteiger charge is 2.14. The summed E-state index contributed by atoms with van der Waals surface area (Å²) in [5, 5.41) is 20.1. The van der Waals surface area contributed by atoms with Crippen molar-refractivity contribution in [2.75, 3.05) is 13.7 Å². The molecule has 1 atom stereocenters. The van der Waals surface area contributed by atoms with Crippen molar-refractivity contribution in [3.05, 3.63) is 45.5 Å². The van der Waals surface area contributed by atoms with E-state index in [1.165, 1.54) is 26.7 Å². The molecule has 0 aliphatic rings. The first kappa shape index (κ1) is 17.9. The summed E-state index contributed by atoms with van der Waals surface area (Å²) in [4.78, 5) is 31.3. The largest absolute Gasteiger partial charge is 0.383 e. The minimum Gasteiger partial charge on any atom is -0.383 e. The molecule has 0 aliphatic carbocycles. The predicted molar refractivity (Wildman–Crippen MR) is 97.8 cm³/mol. The van der Waals surface area contributed by atoms with Gasteiger partial charge >= 0.3 is 0 Å². The van der Waals surface area contributed by atoms with Crippen molar-refractivity contribution in [3.63, 3.8) is 0 Å². The van der Waals surface area contributed by atoms with Crippen LogP contribution in [0.1, 0.15) is 13.0 Å². The van der Waals surface area contributed by atoms with Gasteiger partial charge in [0.1, 0.15) is 5.52 Å². The third-order valence-electron chi connectivity index (χ3n) is 4.43. The van der Waals surface area contributed by atoms with Crippen molar-refractivity contribution < 1.29 is 4.74 Å². The van der Waals surface area contributed by atoms with E-state index in [2.05, 4.69) is 30.7 Å². The molecule has 0 spiro atoms. The van der Waals surface area contributed by atoms with Gasteiger partial charge in [0.15, 0.2) is 6.33 Å². The number of hydrogen-bond donors (Lipinski definition) is 0. The van der Waals surface area contributed by atoms with Crippen LogP contribution in [0.2, 0.25) is 0 Å². The number of benzene rings is 1. The van der Waals surface area contributed by atoms with Crippen LogP contribution in [-0.2, 0) is 17.8 Å². The van der Waals surface area contributed by atoms with Crippen molar-refractivity contribution in [2.24, 2.45) is 0 Å². The Morgan fingerprint density at radius 3 is 2.64 bits per heavy atom. The molecule has 0 bridgehead atoms. The summed E-state index contributed by atoms with van der Waals surface area (Å²) >= 11 is 0. The van der Waals surface area contributed by atoms with Gasteiger partial charge in [-0.05, 0) is 24.3 Å². The van der Waals surface area contributed by atoms with Crippen LogP contribution in [0.5, 0.6) is 0 Å². The third-order valence-corrected chi connectivity index (χ3v) is 4.43. The second-order valence-electron chi connectivity index (χ2n) is 6.29. The van der Waals surface area contributed by atoms with E-state index < -0.39 is 0 Å². The van der Waals surface area contributed by atoms with Crippen LogP contribution in [0.25, 0.3) is 21.8 Å². The van der Waals surface area contributed by atoms with Crippen molar-refractivity contribution in [2.45, 2.75) is 26.1 Å². The lowest BCUT2D eigenvalue weighted by Crippen LogP contribution is -2.28. The summed E-state index contributed by atoms with van der Waals surface area (Å²) in [7, 11) is 1.54. The van der Waals surface area contributed by atoms with Crippen LogP contribution >= 0.6 is 0 Å². The van der Waals surface area contributed by atoms with Crippen LogP contribution < -0.4 is 11.1 Å². The number of rotatable bonds is 6. The fourth-order valence-corrected chi connectivity index (χ4v) is 2.94. The second-order valence-corrected chi connectivity index (χ2v) is 6.29. The zero-order valence-electron chi connectivity index (χ0n) is 15.3. The number of tetrazole rings is 1. The molecule has 3 aromatic heterocycles. The van der Waals surface area contributed by atoms with Crippen molar-refractivity contribution in [1.29, 1.82) is 0 Å². The van der Waals surface area contributed by atoms with Gasteiger partial charge in [-0.1, -0.05) is 5.21 Å². The maximum atomic E-state index is 12.9. The van der Waals surface area contributed by atoms with Crippen molar-refractivity contribution in [3.8, 4) is 0 Å². The van der Waals surface area contributed by atoms with Gasteiger partial charge in [-0.15, -0.1) is 15.3 Å². The van der Waals surface area contributed by atoms with Crippen LogP contribution in [0, 0.1) is 0 Å². The lowest BCUT2D eigenvalue weighted by Gasteiger charge is -2.14. The van der Waals surface area contributed by atoms with Crippen LogP contribution in [0.4, 0.5) is 0 Å². The topological polar surface area (TPSA) is 136 Å². The van der Waals surface area contributed by atoms with Gasteiger partial charge < -0.3 is 4.74 Å².